The number of hydrogen-bond acceptors (Lipinski definition) is 11. The summed E-state index contributed by atoms with van der Waals surface area (Å²) in [5.74, 6) is 0.603. The average molecular weight is 608 g/mol. The van der Waals surface area contributed by atoms with Gasteiger partial charge in [-0.15, -0.1) is 0 Å². The van der Waals surface area contributed by atoms with Crippen molar-refractivity contribution in [3.63, 3.8) is 0 Å². The Labute approximate surface area is 250 Å². The number of para-hydroxylation sites is 1. The monoisotopic (exact) mass is 607 g/mol. The molecule has 0 amide bonds. The van der Waals surface area contributed by atoms with E-state index in [4.69, 9.17) is 46.1 Å². The lowest BCUT2D eigenvalue weighted by Crippen LogP contribution is -2.54. The Kier molecular flexibility index (Phi) is 15.8. The highest BCUT2D eigenvalue weighted by molar-refractivity contribution is 6.54. The minimum absolute atomic E-state index is 0.219. The van der Waals surface area contributed by atoms with Crippen LogP contribution in [-0.2, 0) is 41.7 Å². The summed E-state index contributed by atoms with van der Waals surface area (Å²) < 4.78 is 60.2. The first-order valence-electron chi connectivity index (χ1n) is 14.8. The Morgan fingerprint density at radius 1 is 0.452 bits per heavy atom. The standard InChI is InChI=1S/C30H45NO10Si/c1-2-6-28(7-3-1)29-8-4-5-9-30(29)41-42-38-25-22-35-19-16-32-13-10-31(11-14-33-17-20-36-23-26-39-42)12-15-34-18-21-37-24-27-40-42/h1-9H,10-27H2. The number of nitrogens with zero attached hydrogens (tertiary/aromatic N) is 1. The molecule has 0 N–H and O–H groups in total. The van der Waals surface area contributed by atoms with Crippen LogP contribution in [0.15, 0.2) is 54.6 Å². The van der Waals surface area contributed by atoms with Gasteiger partial charge in [0.1, 0.15) is 5.75 Å². The molecule has 234 valence electrons. The van der Waals surface area contributed by atoms with Gasteiger partial charge in [0.25, 0.3) is 0 Å². The maximum atomic E-state index is 6.58. The van der Waals surface area contributed by atoms with Crippen LogP contribution in [0, 0.1) is 0 Å². The highest BCUT2D eigenvalue weighted by Crippen LogP contribution is 2.32. The van der Waals surface area contributed by atoms with Gasteiger partial charge in [-0.3, -0.25) is 4.90 Å². The molecule has 11 nitrogen and oxygen atoms in total. The van der Waals surface area contributed by atoms with Gasteiger partial charge in [0.15, 0.2) is 0 Å². The minimum atomic E-state index is -3.76. The zero-order valence-electron chi connectivity index (χ0n) is 24.5. The third-order valence-corrected chi connectivity index (χ3v) is 8.64. The van der Waals surface area contributed by atoms with Crippen LogP contribution in [0.4, 0.5) is 0 Å². The highest BCUT2D eigenvalue weighted by atomic mass is 28.4. The first-order valence-corrected chi connectivity index (χ1v) is 16.4. The molecule has 12 heteroatoms. The Bertz CT molecular complexity index is 917. The van der Waals surface area contributed by atoms with E-state index < -0.39 is 9.05 Å². The fourth-order valence-corrected chi connectivity index (χ4v) is 6.19. The predicted molar refractivity (Wildman–Crippen MR) is 157 cm³/mol. The summed E-state index contributed by atoms with van der Waals surface area (Å²) in [6, 6.07) is 17.8. The van der Waals surface area contributed by atoms with E-state index in [-0.39, 0.29) is 19.8 Å². The van der Waals surface area contributed by atoms with Crippen LogP contribution in [0.5, 0.6) is 5.75 Å². The van der Waals surface area contributed by atoms with Crippen LogP contribution in [-0.4, -0.2) is 133 Å². The molecule has 2 aromatic rings. The lowest BCUT2D eigenvalue weighted by molar-refractivity contribution is -0.0495. The molecule has 5 rings (SSSR count). The lowest BCUT2D eigenvalue weighted by Gasteiger charge is -2.29. The van der Waals surface area contributed by atoms with E-state index in [1.54, 1.807) is 0 Å². The zero-order valence-corrected chi connectivity index (χ0v) is 25.5. The summed E-state index contributed by atoms with van der Waals surface area (Å²) in [7, 11) is -3.76. The van der Waals surface area contributed by atoms with Crippen molar-refractivity contribution in [1.82, 2.24) is 4.90 Å². The molecule has 3 fully saturated rings. The maximum absolute atomic E-state index is 6.58. The zero-order chi connectivity index (χ0) is 29.0. The van der Waals surface area contributed by atoms with Gasteiger partial charge in [-0.1, -0.05) is 48.5 Å². The molecular formula is C30H45NO10Si. The second kappa shape index (κ2) is 20.1. The molecule has 0 unspecified atom stereocenters. The molecule has 2 bridgehead atoms. The van der Waals surface area contributed by atoms with E-state index in [1.165, 1.54) is 0 Å². The predicted octanol–water partition coefficient (Wildman–Crippen LogP) is 2.65. The van der Waals surface area contributed by atoms with E-state index in [0.717, 1.165) is 30.8 Å². The number of benzene rings is 2. The van der Waals surface area contributed by atoms with Crippen molar-refractivity contribution in [2.24, 2.45) is 0 Å². The first-order chi connectivity index (χ1) is 20.8. The van der Waals surface area contributed by atoms with Crippen molar-refractivity contribution in [3.05, 3.63) is 54.6 Å². The molecule has 0 atom stereocenters. The second-order valence-corrected chi connectivity index (χ2v) is 11.6. The number of rotatable bonds is 3. The van der Waals surface area contributed by atoms with Gasteiger partial charge in [0, 0.05) is 25.2 Å². The molecule has 3 heterocycles. The molecule has 0 aliphatic carbocycles. The quantitative estimate of drug-likeness (QED) is 0.381. The normalized spacial score (nSPS) is 25.8. The molecule has 0 aromatic heterocycles. The van der Waals surface area contributed by atoms with Gasteiger partial charge in [-0.25, -0.2) is 0 Å². The summed E-state index contributed by atoms with van der Waals surface area (Å²) in [5, 5.41) is 0. The van der Waals surface area contributed by atoms with Crippen LogP contribution in [0.25, 0.3) is 11.1 Å². The number of fused-ring (bicyclic) bond motifs is 24. The summed E-state index contributed by atoms with van der Waals surface area (Å²) in [4.78, 5) is 2.27. The van der Waals surface area contributed by atoms with Crippen LogP contribution >= 0.6 is 0 Å². The SMILES string of the molecule is c1ccc(-c2ccccc2O[Si]23OCCOCCOCCN(CCOCCOCCO2)CCOCCOCCO3)cc1. The molecule has 0 spiro atoms. The van der Waals surface area contributed by atoms with Gasteiger partial charge in [0.05, 0.1) is 99.1 Å². The first kappa shape index (κ1) is 33.0. The fourth-order valence-electron chi connectivity index (χ4n) is 4.32. The van der Waals surface area contributed by atoms with Gasteiger partial charge >= 0.3 is 9.05 Å². The van der Waals surface area contributed by atoms with E-state index in [9.17, 15) is 0 Å². The molecule has 0 radical (unpaired) electrons. The molecule has 0 saturated carbocycles. The Morgan fingerprint density at radius 3 is 1.36 bits per heavy atom. The lowest BCUT2D eigenvalue weighted by atomic mass is 10.1. The van der Waals surface area contributed by atoms with Gasteiger partial charge in [0.2, 0.25) is 0 Å². The van der Waals surface area contributed by atoms with Crippen LogP contribution in [0.3, 0.4) is 0 Å². The van der Waals surface area contributed by atoms with Crippen LogP contribution in [0.2, 0.25) is 0 Å². The largest absolute Gasteiger partial charge is 0.749 e. The molecule has 3 saturated heterocycles. The smallest absolute Gasteiger partial charge is 0.479 e. The second-order valence-electron chi connectivity index (χ2n) is 9.53. The highest BCUT2D eigenvalue weighted by Gasteiger charge is 2.49. The molecule has 42 heavy (non-hydrogen) atoms. The van der Waals surface area contributed by atoms with Crippen molar-refractivity contribution < 1.29 is 46.1 Å². The summed E-state index contributed by atoms with van der Waals surface area (Å²) in [6.45, 7) is 8.63. The van der Waals surface area contributed by atoms with Crippen LogP contribution < -0.4 is 4.43 Å². The average Bonchev–Trinajstić information content (AvgIpc) is 3.01. The summed E-state index contributed by atoms with van der Waals surface area (Å²) in [6.07, 6.45) is 0. The van der Waals surface area contributed by atoms with Crippen molar-refractivity contribution in [3.8, 4) is 16.9 Å². The van der Waals surface area contributed by atoms with Crippen molar-refractivity contribution in [2.45, 2.75) is 0 Å². The molecule has 2 aromatic carbocycles. The number of hydrogen-bond donors (Lipinski definition) is 0. The maximum Gasteiger partial charge on any atom is 0.749 e. The van der Waals surface area contributed by atoms with Crippen molar-refractivity contribution in [2.75, 3.05) is 119 Å². The third-order valence-electron chi connectivity index (χ3n) is 6.50. The van der Waals surface area contributed by atoms with E-state index in [0.29, 0.717) is 85.0 Å². The van der Waals surface area contributed by atoms with E-state index in [1.807, 2.05) is 54.6 Å². The van der Waals surface area contributed by atoms with Crippen molar-refractivity contribution >= 4 is 9.05 Å². The fraction of sp³-hybridized carbons (Fsp3) is 0.600. The third kappa shape index (κ3) is 12.3. The molecule has 3 aliphatic rings. The van der Waals surface area contributed by atoms with E-state index >= 15 is 0 Å². The van der Waals surface area contributed by atoms with Gasteiger partial charge < -0.3 is 46.1 Å². The minimum Gasteiger partial charge on any atom is -0.479 e. The van der Waals surface area contributed by atoms with Crippen molar-refractivity contribution in [1.29, 1.82) is 0 Å². The van der Waals surface area contributed by atoms with Gasteiger partial charge in [-0.2, -0.15) is 0 Å². The topological polar surface area (TPSA) is 95.5 Å². The number of ether oxygens (including phenoxy) is 6. The summed E-state index contributed by atoms with van der Waals surface area (Å²) >= 11 is 0. The van der Waals surface area contributed by atoms with E-state index in [2.05, 4.69) is 4.90 Å². The Morgan fingerprint density at radius 2 is 0.857 bits per heavy atom. The van der Waals surface area contributed by atoms with Gasteiger partial charge in [-0.05, 0) is 11.6 Å². The molecular weight excluding hydrogens is 562 g/mol. The molecule has 3 aliphatic heterocycles. The summed E-state index contributed by atoms with van der Waals surface area (Å²) in [5.41, 5.74) is 1.91. The Hall–Kier alpha value is -1.94. The Balaban J connectivity index is 1.52. The van der Waals surface area contributed by atoms with Crippen LogP contribution in [0.1, 0.15) is 0 Å².